The zero-order valence-corrected chi connectivity index (χ0v) is 9.71. The molecule has 1 aromatic heterocycles. The third kappa shape index (κ3) is 3.10. The first-order valence-corrected chi connectivity index (χ1v) is 6.26. The van der Waals surface area contributed by atoms with Crippen molar-refractivity contribution in [2.24, 2.45) is 0 Å². The topological polar surface area (TPSA) is 17.0 Å². The van der Waals surface area contributed by atoms with Gasteiger partial charge >= 0.3 is 0 Å². The summed E-state index contributed by atoms with van der Waals surface area (Å²) in [4.78, 5) is 0. The molecule has 84 valence electrons. The Morgan fingerprint density at radius 2 is 2.13 bits per heavy atom. The van der Waals surface area contributed by atoms with Crippen LogP contribution in [-0.2, 0) is 13.1 Å². The third-order valence-electron chi connectivity index (χ3n) is 3.38. The van der Waals surface area contributed by atoms with E-state index in [0.717, 1.165) is 19.1 Å². The molecule has 1 fully saturated rings. The summed E-state index contributed by atoms with van der Waals surface area (Å²) in [5.74, 6) is 0. The van der Waals surface area contributed by atoms with Gasteiger partial charge in [0.2, 0.25) is 0 Å². The average Bonchev–Trinajstić information content (AvgIpc) is 2.76. The quantitative estimate of drug-likeness (QED) is 0.801. The van der Waals surface area contributed by atoms with E-state index in [9.17, 15) is 0 Å². The lowest BCUT2D eigenvalue weighted by Gasteiger charge is -2.22. The van der Waals surface area contributed by atoms with Crippen LogP contribution in [0.25, 0.3) is 0 Å². The van der Waals surface area contributed by atoms with E-state index in [1.165, 1.54) is 37.7 Å². The van der Waals surface area contributed by atoms with E-state index >= 15 is 0 Å². The monoisotopic (exact) mass is 206 g/mol. The molecule has 2 nitrogen and oxygen atoms in total. The van der Waals surface area contributed by atoms with Crippen molar-refractivity contribution in [2.75, 3.05) is 0 Å². The summed E-state index contributed by atoms with van der Waals surface area (Å²) >= 11 is 0. The number of aryl methyl sites for hydroxylation is 1. The summed E-state index contributed by atoms with van der Waals surface area (Å²) in [6, 6.07) is 2.99. The molecule has 0 bridgehead atoms. The second-order valence-corrected chi connectivity index (χ2v) is 4.57. The zero-order valence-electron chi connectivity index (χ0n) is 9.71. The Morgan fingerprint density at radius 3 is 2.80 bits per heavy atom. The van der Waals surface area contributed by atoms with Gasteiger partial charge in [-0.1, -0.05) is 19.3 Å². The highest BCUT2D eigenvalue weighted by Crippen LogP contribution is 2.17. The predicted octanol–water partition coefficient (Wildman–Crippen LogP) is 2.93. The average molecular weight is 206 g/mol. The first-order chi connectivity index (χ1) is 7.38. The standard InChI is InChI=1S/C13H22N2/c1-2-15-9-8-12(11-15)10-14-13-6-4-3-5-7-13/h8-9,11,13-14H,2-7,10H2,1H3. The van der Waals surface area contributed by atoms with Crippen molar-refractivity contribution in [2.45, 2.75) is 58.2 Å². The number of aromatic nitrogens is 1. The summed E-state index contributed by atoms with van der Waals surface area (Å²) in [7, 11) is 0. The van der Waals surface area contributed by atoms with Crippen molar-refractivity contribution in [3.05, 3.63) is 24.0 Å². The SMILES string of the molecule is CCn1ccc(CNC2CCCCC2)c1. The van der Waals surface area contributed by atoms with E-state index in [1.54, 1.807) is 0 Å². The van der Waals surface area contributed by atoms with Gasteiger partial charge in [-0.2, -0.15) is 0 Å². The van der Waals surface area contributed by atoms with Gasteiger partial charge in [0.1, 0.15) is 0 Å². The van der Waals surface area contributed by atoms with E-state index < -0.39 is 0 Å². The Morgan fingerprint density at radius 1 is 1.33 bits per heavy atom. The van der Waals surface area contributed by atoms with Crippen LogP contribution in [0.5, 0.6) is 0 Å². The van der Waals surface area contributed by atoms with Gasteiger partial charge in [-0.15, -0.1) is 0 Å². The Kier molecular flexibility index (Phi) is 3.84. The highest BCUT2D eigenvalue weighted by Gasteiger charge is 2.12. The predicted molar refractivity (Wildman–Crippen MR) is 63.8 cm³/mol. The van der Waals surface area contributed by atoms with Crippen LogP contribution in [0, 0.1) is 0 Å². The van der Waals surface area contributed by atoms with Crippen molar-refractivity contribution >= 4 is 0 Å². The number of hydrogen-bond donors (Lipinski definition) is 1. The largest absolute Gasteiger partial charge is 0.354 e. The maximum absolute atomic E-state index is 3.66. The van der Waals surface area contributed by atoms with Gasteiger partial charge in [0.25, 0.3) is 0 Å². The molecule has 2 heteroatoms. The maximum Gasteiger partial charge on any atom is 0.0223 e. The molecule has 1 aromatic rings. The van der Waals surface area contributed by atoms with E-state index in [-0.39, 0.29) is 0 Å². The molecule has 1 saturated carbocycles. The lowest BCUT2D eigenvalue weighted by Crippen LogP contribution is -2.30. The fraction of sp³-hybridized carbons (Fsp3) is 0.692. The number of hydrogen-bond acceptors (Lipinski definition) is 1. The Balaban J connectivity index is 1.76. The molecule has 15 heavy (non-hydrogen) atoms. The van der Waals surface area contributed by atoms with Crippen molar-refractivity contribution in [3.63, 3.8) is 0 Å². The number of rotatable bonds is 4. The van der Waals surface area contributed by atoms with Gasteiger partial charge in [-0.3, -0.25) is 0 Å². The molecular formula is C13H22N2. The van der Waals surface area contributed by atoms with Crippen LogP contribution in [0.15, 0.2) is 18.5 Å². The minimum Gasteiger partial charge on any atom is -0.354 e. The molecule has 2 rings (SSSR count). The van der Waals surface area contributed by atoms with Gasteiger partial charge < -0.3 is 9.88 Å². The molecule has 0 amide bonds. The van der Waals surface area contributed by atoms with Crippen LogP contribution in [-0.4, -0.2) is 10.6 Å². The minimum atomic E-state index is 0.767. The van der Waals surface area contributed by atoms with Crippen LogP contribution in [0.2, 0.25) is 0 Å². The minimum absolute atomic E-state index is 0.767. The lowest BCUT2D eigenvalue weighted by atomic mass is 9.95. The summed E-state index contributed by atoms with van der Waals surface area (Å²) in [6.07, 6.45) is 11.4. The first-order valence-electron chi connectivity index (χ1n) is 6.26. The van der Waals surface area contributed by atoms with Crippen LogP contribution < -0.4 is 5.32 Å². The van der Waals surface area contributed by atoms with Crippen molar-refractivity contribution in [1.29, 1.82) is 0 Å². The van der Waals surface area contributed by atoms with Crippen molar-refractivity contribution in [3.8, 4) is 0 Å². The molecule has 1 aliphatic carbocycles. The number of nitrogens with one attached hydrogen (secondary N) is 1. The van der Waals surface area contributed by atoms with Crippen LogP contribution in [0.3, 0.4) is 0 Å². The van der Waals surface area contributed by atoms with Gasteiger partial charge in [0.15, 0.2) is 0 Å². The summed E-state index contributed by atoms with van der Waals surface area (Å²) < 4.78 is 2.23. The van der Waals surface area contributed by atoms with E-state index in [4.69, 9.17) is 0 Å². The number of nitrogens with zero attached hydrogens (tertiary/aromatic N) is 1. The van der Waals surface area contributed by atoms with Gasteiger partial charge in [-0.05, 0) is 31.4 Å². The molecule has 0 unspecified atom stereocenters. The molecule has 0 saturated heterocycles. The van der Waals surface area contributed by atoms with E-state index in [2.05, 4.69) is 35.3 Å². The van der Waals surface area contributed by atoms with Crippen molar-refractivity contribution in [1.82, 2.24) is 9.88 Å². The zero-order chi connectivity index (χ0) is 10.5. The maximum atomic E-state index is 3.66. The van der Waals surface area contributed by atoms with Crippen LogP contribution in [0.1, 0.15) is 44.6 Å². The first kappa shape index (κ1) is 10.7. The third-order valence-corrected chi connectivity index (χ3v) is 3.38. The molecule has 0 aromatic carbocycles. The molecular weight excluding hydrogens is 184 g/mol. The molecule has 0 radical (unpaired) electrons. The highest BCUT2D eigenvalue weighted by atomic mass is 14.9. The smallest absolute Gasteiger partial charge is 0.0223 e. The Hall–Kier alpha value is -0.760. The Labute approximate surface area is 92.7 Å². The van der Waals surface area contributed by atoms with E-state index in [0.29, 0.717) is 0 Å². The molecule has 0 spiro atoms. The fourth-order valence-corrected chi connectivity index (χ4v) is 2.36. The van der Waals surface area contributed by atoms with Gasteiger partial charge in [0, 0.05) is 31.5 Å². The van der Waals surface area contributed by atoms with Crippen LogP contribution >= 0.6 is 0 Å². The van der Waals surface area contributed by atoms with Gasteiger partial charge in [0.05, 0.1) is 0 Å². The Bertz CT molecular complexity index is 284. The van der Waals surface area contributed by atoms with Crippen molar-refractivity contribution < 1.29 is 0 Å². The molecule has 0 aliphatic heterocycles. The molecule has 1 N–H and O–H groups in total. The summed E-state index contributed by atoms with van der Waals surface area (Å²) in [5, 5.41) is 3.66. The van der Waals surface area contributed by atoms with Crippen LogP contribution in [0.4, 0.5) is 0 Å². The fourth-order valence-electron chi connectivity index (χ4n) is 2.36. The summed E-state index contributed by atoms with van der Waals surface area (Å²) in [6.45, 7) is 4.29. The normalized spacial score (nSPS) is 18.2. The second kappa shape index (κ2) is 5.36. The summed E-state index contributed by atoms with van der Waals surface area (Å²) in [5.41, 5.74) is 1.42. The highest BCUT2D eigenvalue weighted by molar-refractivity contribution is 5.10. The second-order valence-electron chi connectivity index (χ2n) is 4.57. The van der Waals surface area contributed by atoms with E-state index in [1.807, 2.05) is 0 Å². The van der Waals surface area contributed by atoms with Gasteiger partial charge in [-0.25, -0.2) is 0 Å². The molecule has 0 atom stereocenters. The molecule has 1 aliphatic rings. The lowest BCUT2D eigenvalue weighted by molar-refractivity contribution is 0.372. The molecule has 1 heterocycles.